The summed E-state index contributed by atoms with van der Waals surface area (Å²) in [4.78, 5) is 21.1. The second-order valence-electron chi connectivity index (χ2n) is 12.3. The summed E-state index contributed by atoms with van der Waals surface area (Å²) >= 11 is 0. The Morgan fingerprint density at radius 3 is 2.40 bits per heavy atom. The first kappa shape index (κ1) is 30.7. The first-order valence-corrected chi connectivity index (χ1v) is 17.0. The number of nitrogens with one attached hydrogen (secondary N) is 2. The number of hydrogen-bond acceptors (Lipinski definition) is 5. The number of aromatic nitrogens is 1. The Labute approximate surface area is 266 Å². The van der Waals surface area contributed by atoms with E-state index in [1.165, 1.54) is 12.1 Å². The molecule has 45 heavy (non-hydrogen) atoms. The van der Waals surface area contributed by atoms with Gasteiger partial charge in [-0.2, -0.15) is 0 Å². The van der Waals surface area contributed by atoms with E-state index in [-0.39, 0.29) is 30.2 Å². The number of allylic oxidation sites excluding steroid dienone is 2. The molecule has 2 aliphatic carbocycles. The number of amides is 1. The highest BCUT2D eigenvalue weighted by atomic mass is 32.2. The van der Waals surface area contributed by atoms with Crippen molar-refractivity contribution in [2.24, 2.45) is 0 Å². The van der Waals surface area contributed by atoms with Gasteiger partial charge in [-0.15, -0.1) is 0 Å². The molecule has 2 N–H and O–H groups in total. The molecule has 2 aliphatic rings. The van der Waals surface area contributed by atoms with Gasteiger partial charge in [0.15, 0.2) is 0 Å². The monoisotopic (exact) mass is 622 g/mol. The quantitative estimate of drug-likeness (QED) is 0.214. The van der Waals surface area contributed by atoms with E-state index in [1.807, 2.05) is 63.5 Å². The molecule has 1 fully saturated rings. The second-order valence-corrected chi connectivity index (χ2v) is 13.6. The maximum absolute atomic E-state index is 14.4. The fourth-order valence-corrected chi connectivity index (χ4v) is 7.05. The lowest BCUT2D eigenvalue weighted by atomic mass is 9.90. The predicted molar refractivity (Wildman–Crippen MR) is 184 cm³/mol. The van der Waals surface area contributed by atoms with Gasteiger partial charge in [0.2, 0.25) is 5.91 Å². The number of para-hydroxylation sites is 1. The molecule has 0 radical (unpaired) electrons. The van der Waals surface area contributed by atoms with Crippen LogP contribution in [-0.2, 0) is 15.6 Å². The van der Waals surface area contributed by atoms with Gasteiger partial charge in [0.25, 0.3) is 0 Å². The normalized spacial score (nSPS) is 19.4. The van der Waals surface area contributed by atoms with Crippen molar-refractivity contribution in [2.75, 3.05) is 30.6 Å². The largest absolute Gasteiger partial charge is 0.377 e. The van der Waals surface area contributed by atoms with E-state index in [2.05, 4.69) is 33.7 Å². The molecule has 1 aromatic heterocycles. The Hall–Kier alpha value is -4.30. The highest BCUT2D eigenvalue weighted by molar-refractivity contribution is 7.84. The molecule has 8 heteroatoms. The van der Waals surface area contributed by atoms with Gasteiger partial charge in [0.1, 0.15) is 11.6 Å². The van der Waals surface area contributed by atoms with Crippen molar-refractivity contribution in [3.8, 4) is 0 Å². The van der Waals surface area contributed by atoms with Gasteiger partial charge in [-0.3, -0.25) is 9.00 Å². The SMILES string of the molecule is CC1=C(CC(=O)NC2CCC(Nc3cc(N(C)C)c4ccccc4n3)CC2)c2cc(F)ccc2C1=Cc1ccc(S(C)=O)cc1. The fourth-order valence-electron chi connectivity index (χ4n) is 6.54. The first-order chi connectivity index (χ1) is 21.7. The predicted octanol–water partition coefficient (Wildman–Crippen LogP) is 7.43. The van der Waals surface area contributed by atoms with Crippen molar-refractivity contribution in [2.45, 2.75) is 56.0 Å². The van der Waals surface area contributed by atoms with E-state index in [0.29, 0.717) is 0 Å². The van der Waals surface area contributed by atoms with Crippen LogP contribution in [0.5, 0.6) is 0 Å². The lowest BCUT2D eigenvalue weighted by Crippen LogP contribution is -2.40. The van der Waals surface area contributed by atoms with Crippen LogP contribution in [0, 0.1) is 5.82 Å². The van der Waals surface area contributed by atoms with Crippen molar-refractivity contribution >= 4 is 56.3 Å². The van der Waals surface area contributed by atoms with Crippen LogP contribution in [0.4, 0.5) is 15.9 Å². The highest BCUT2D eigenvalue weighted by Crippen LogP contribution is 2.44. The van der Waals surface area contributed by atoms with E-state index >= 15 is 0 Å². The average molecular weight is 623 g/mol. The summed E-state index contributed by atoms with van der Waals surface area (Å²) in [6, 6.07) is 23.1. The zero-order chi connectivity index (χ0) is 31.7. The third-order valence-corrected chi connectivity index (χ3v) is 9.87. The molecule has 6 nitrogen and oxygen atoms in total. The molecular weight excluding hydrogens is 583 g/mol. The topological polar surface area (TPSA) is 74.3 Å². The minimum absolute atomic E-state index is 0.0428. The third-order valence-electron chi connectivity index (χ3n) is 8.93. The van der Waals surface area contributed by atoms with Crippen molar-refractivity contribution in [3.05, 3.63) is 101 Å². The lowest BCUT2D eigenvalue weighted by molar-refractivity contribution is -0.121. The lowest BCUT2D eigenvalue weighted by Gasteiger charge is -2.30. The highest BCUT2D eigenvalue weighted by Gasteiger charge is 2.28. The maximum Gasteiger partial charge on any atom is 0.224 e. The summed E-state index contributed by atoms with van der Waals surface area (Å²) < 4.78 is 26.2. The smallest absolute Gasteiger partial charge is 0.224 e. The van der Waals surface area contributed by atoms with Crippen molar-refractivity contribution in [1.82, 2.24) is 10.3 Å². The average Bonchev–Trinajstić information content (AvgIpc) is 3.26. The first-order valence-electron chi connectivity index (χ1n) is 15.4. The number of rotatable bonds is 8. The van der Waals surface area contributed by atoms with E-state index in [0.717, 1.165) is 86.4 Å². The summed E-state index contributed by atoms with van der Waals surface area (Å²) in [5.74, 6) is 0.512. The second kappa shape index (κ2) is 13.0. The molecule has 1 heterocycles. The number of anilines is 2. The molecule has 1 atom stereocenters. The van der Waals surface area contributed by atoms with Crippen LogP contribution in [-0.4, -0.2) is 47.5 Å². The molecular formula is C37H39FN4O2S. The minimum Gasteiger partial charge on any atom is -0.377 e. The van der Waals surface area contributed by atoms with Crippen molar-refractivity contribution in [1.29, 1.82) is 0 Å². The maximum atomic E-state index is 14.4. The number of hydrogen-bond donors (Lipinski definition) is 2. The summed E-state index contributed by atoms with van der Waals surface area (Å²) in [5, 5.41) is 8.03. The third kappa shape index (κ3) is 6.71. The summed E-state index contributed by atoms with van der Waals surface area (Å²) in [6.45, 7) is 2.00. The van der Waals surface area contributed by atoms with Crippen LogP contribution in [0.25, 0.3) is 28.1 Å². The minimum atomic E-state index is -1.05. The van der Waals surface area contributed by atoms with Crippen molar-refractivity contribution < 1.29 is 13.4 Å². The summed E-state index contributed by atoms with van der Waals surface area (Å²) in [5.41, 5.74) is 7.56. The van der Waals surface area contributed by atoms with Gasteiger partial charge < -0.3 is 15.5 Å². The number of fused-ring (bicyclic) bond motifs is 2. The number of carbonyl (C=O) groups excluding carboxylic acids is 1. The number of pyridine rings is 1. The number of nitrogens with zero attached hydrogens (tertiary/aromatic N) is 2. The Morgan fingerprint density at radius 1 is 0.978 bits per heavy atom. The van der Waals surface area contributed by atoms with Crippen LogP contribution < -0.4 is 15.5 Å². The van der Waals surface area contributed by atoms with E-state index in [1.54, 1.807) is 12.3 Å². The van der Waals surface area contributed by atoms with Crippen LogP contribution in [0.2, 0.25) is 0 Å². The Bertz CT molecular complexity index is 1840. The van der Waals surface area contributed by atoms with Crippen LogP contribution in [0.1, 0.15) is 55.7 Å². The molecule has 1 amide bonds. The fraction of sp³-hybridized carbons (Fsp3) is 0.297. The van der Waals surface area contributed by atoms with Gasteiger partial charge in [-0.1, -0.05) is 36.4 Å². The van der Waals surface area contributed by atoms with Gasteiger partial charge in [0.05, 0.1) is 11.9 Å². The van der Waals surface area contributed by atoms with Gasteiger partial charge >= 0.3 is 0 Å². The Kier molecular flexibility index (Phi) is 8.85. The molecule has 0 spiro atoms. The molecule has 1 saturated carbocycles. The molecule has 0 aliphatic heterocycles. The van der Waals surface area contributed by atoms with Crippen LogP contribution >= 0.6 is 0 Å². The number of halogens is 1. The van der Waals surface area contributed by atoms with Gasteiger partial charge in [-0.05, 0) is 102 Å². The van der Waals surface area contributed by atoms with Crippen molar-refractivity contribution in [3.63, 3.8) is 0 Å². The molecule has 3 aromatic carbocycles. The van der Waals surface area contributed by atoms with Gasteiger partial charge in [-0.25, -0.2) is 9.37 Å². The molecule has 4 aromatic rings. The van der Waals surface area contributed by atoms with E-state index < -0.39 is 10.8 Å². The van der Waals surface area contributed by atoms with E-state index in [4.69, 9.17) is 4.98 Å². The van der Waals surface area contributed by atoms with E-state index in [9.17, 15) is 13.4 Å². The number of carbonyl (C=O) groups is 1. The zero-order valence-electron chi connectivity index (χ0n) is 26.2. The van der Waals surface area contributed by atoms with Crippen LogP contribution in [0.15, 0.2) is 83.3 Å². The Morgan fingerprint density at radius 2 is 1.69 bits per heavy atom. The molecule has 0 saturated heterocycles. The Balaban J connectivity index is 1.11. The molecule has 0 bridgehead atoms. The number of benzene rings is 3. The van der Waals surface area contributed by atoms with Crippen LogP contribution in [0.3, 0.4) is 0 Å². The summed E-state index contributed by atoms with van der Waals surface area (Å²) in [7, 11) is 3.05. The molecule has 1 unspecified atom stereocenters. The standard InChI is InChI=1S/C37H39FN4O2S/c1-23-31(19-24-9-16-28(17-10-24)45(4)44)29-18-11-25(38)20-33(29)32(23)21-37(43)40-27-14-12-26(13-15-27)39-36-22-35(42(2)3)30-7-5-6-8-34(30)41-36/h5-11,16-20,22,26-27H,12-15,21H2,1-4H3,(H,39,41)(H,40,43). The zero-order valence-corrected chi connectivity index (χ0v) is 27.0. The molecule has 232 valence electrons. The van der Waals surface area contributed by atoms with Gasteiger partial charge in [0, 0.05) is 65.3 Å². The summed E-state index contributed by atoms with van der Waals surface area (Å²) in [6.07, 6.45) is 7.54. The molecule has 6 rings (SSSR count).